The SMILES string of the molecule is NC(=O)CCC(N)C(=O)N1CCCC1C(=O)N1CCCC1C(=O)NC(CC(=O)O)C(=O)O. The molecule has 0 saturated carbocycles. The summed E-state index contributed by atoms with van der Waals surface area (Å²) >= 11 is 0. The van der Waals surface area contributed by atoms with Crippen LogP contribution in [0.3, 0.4) is 0 Å². The first kappa shape index (κ1) is 25.0. The number of carboxylic acid groups (broad SMARTS) is 2. The molecule has 2 saturated heterocycles. The van der Waals surface area contributed by atoms with Crippen LogP contribution in [-0.4, -0.2) is 92.8 Å². The molecule has 2 fully saturated rings. The molecule has 2 aliphatic rings. The zero-order valence-electron chi connectivity index (χ0n) is 17.6. The Labute approximate surface area is 184 Å². The maximum absolute atomic E-state index is 13.2. The number of aliphatic carboxylic acids is 2. The molecule has 0 aliphatic carbocycles. The van der Waals surface area contributed by atoms with Crippen molar-refractivity contribution in [3.8, 4) is 0 Å². The highest BCUT2D eigenvalue weighted by molar-refractivity contribution is 5.95. The summed E-state index contributed by atoms with van der Waals surface area (Å²) in [6, 6.07) is -4.38. The molecule has 13 nitrogen and oxygen atoms in total. The molecule has 2 aliphatic heterocycles. The van der Waals surface area contributed by atoms with E-state index in [4.69, 9.17) is 21.7 Å². The van der Waals surface area contributed by atoms with Crippen LogP contribution in [0.15, 0.2) is 0 Å². The maximum atomic E-state index is 13.2. The highest BCUT2D eigenvalue weighted by Gasteiger charge is 2.43. The molecule has 0 aromatic rings. The number of nitrogens with two attached hydrogens (primary N) is 2. The van der Waals surface area contributed by atoms with E-state index in [1.165, 1.54) is 9.80 Å². The van der Waals surface area contributed by atoms with Crippen LogP contribution < -0.4 is 16.8 Å². The second-order valence-electron chi connectivity index (χ2n) is 7.99. The van der Waals surface area contributed by atoms with Gasteiger partial charge in [0.25, 0.3) is 0 Å². The molecule has 4 unspecified atom stereocenters. The molecule has 0 bridgehead atoms. The first-order valence-corrected chi connectivity index (χ1v) is 10.4. The Bertz CT molecular complexity index is 788. The van der Waals surface area contributed by atoms with Gasteiger partial charge in [0, 0.05) is 19.5 Å². The number of nitrogens with one attached hydrogen (secondary N) is 1. The number of carboxylic acids is 2. The largest absolute Gasteiger partial charge is 0.481 e. The Morgan fingerprint density at radius 3 is 2.12 bits per heavy atom. The molecule has 0 spiro atoms. The fraction of sp³-hybridized carbons (Fsp3) is 0.684. The van der Waals surface area contributed by atoms with Crippen molar-refractivity contribution >= 4 is 35.6 Å². The molecule has 0 aromatic heterocycles. The number of likely N-dealkylation sites (tertiary alicyclic amines) is 2. The van der Waals surface area contributed by atoms with E-state index in [9.17, 15) is 28.8 Å². The van der Waals surface area contributed by atoms with Crippen LogP contribution in [-0.2, 0) is 28.8 Å². The first-order valence-electron chi connectivity index (χ1n) is 10.4. The summed E-state index contributed by atoms with van der Waals surface area (Å²) in [5.41, 5.74) is 11.0. The summed E-state index contributed by atoms with van der Waals surface area (Å²) < 4.78 is 0. The van der Waals surface area contributed by atoms with Crippen LogP contribution in [0.5, 0.6) is 0 Å². The molecule has 4 amide bonds. The van der Waals surface area contributed by atoms with Crippen molar-refractivity contribution in [1.82, 2.24) is 15.1 Å². The van der Waals surface area contributed by atoms with Gasteiger partial charge in [-0.1, -0.05) is 0 Å². The van der Waals surface area contributed by atoms with Crippen LogP contribution in [0.1, 0.15) is 44.9 Å². The minimum Gasteiger partial charge on any atom is -0.481 e. The van der Waals surface area contributed by atoms with Gasteiger partial charge in [0.05, 0.1) is 12.5 Å². The molecule has 32 heavy (non-hydrogen) atoms. The summed E-state index contributed by atoms with van der Waals surface area (Å²) in [6.07, 6.45) is 0.935. The van der Waals surface area contributed by atoms with E-state index in [2.05, 4.69) is 5.32 Å². The number of nitrogens with zero attached hydrogens (tertiary/aromatic N) is 2. The molecule has 13 heteroatoms. The van der Waals surface area contributed by atoms with Crippen LogP contribution in [0.25, 0.3) is 0 Å². The number of rotatable bonds is 10. The van der Waals surface area contributed by atoms with Crippen LogP contribution in [0.2, 0.25) is 0 Å². The van der Waals surface area contributed by atoms with Crippen LogP contribution in [0.4, 0.5) is 0 Å². The Hall–Kier alpha value is -3.22. The molecular formula is C19H29N5O8. The smallest absolute Gasteiger partial charge is 0.326 e. The molecule has 7 N–H and O–H groups in total. The van der Waals surface area contributed by atoms with Crippen LogP contribution >= 0.6 is 0 Å². The van der Waals surface area contributed by atoms with Gasteiger partial charge in [0.1, 0.15) is 18.1 Å². The summed E-state index contributed by atoms with van der Waals surface area (Å²) in [4.78, 5) is 74.2. The van der Waals surface area contributed by atoms with E-state index < -0.39 is 66.2 Å². The number of primary amides is 1. The fourth-order valence-electron chi connectivity index (χ4n) is 4.06. The lowest BCUT2D eigenvalue weighted by Crippen LogP contribution is -2.56. The number of carbonyl (C=O) groups excluding carboxylic acids is 4. The number of hydrogen-bond donors (Lipinski definition) is 5. The Morgan fingerprint density at radius 2 is 1.56 bits per heavy atom. The van der Waals surface area contributed by atoms with E-state index in [1.807, 2.05) is 0 Å². The molecule has 4 atom stereocenters. The van der Waals surface area contributed by atoms with Gasteiger partial charge in [-0.2, -0.15) is 0 Å². The van der Waals surface area contributed by atoms with Gasteiger partial charge in [0.15, 0.2) is 0 Å². The van der Waals surface area contributed by atoms with E-state index in [0.29, 0.717) is 25.8 Å². The maximum Gasteiger partial charge on any atom is 0.326 e. The lowest BCUT2D eigenvalue weighted by atomic mass is 10.1. The van der Waals surface area contributed by atoms with E-state index in [1.54, 1.807) is 0 Å². The van der Waals surface area contributed by atoms with Gasteiger partial charge < -0.3 is 36.8 Å². The zero-order valence-corrected chi connectivity index (χ0v) is 17.6. The molecule has 178 valence electrons. The first-order chi connectivity index (χ1) is 15.0. The minimum atomic E-state index is -1.62. The zero-order chi connectivity index (χ0) is 24.0. The Kier molecular flexibility index (Phi) is 8.52. The van der Waals surface area contributed by atoms with Gasteiger partial charge in [-0.25, -0.2) is 4.79 Å². The van der Waals surface area contributed by atoms with Gasteiger partial charge >= 0.3 is 11.9 Å². The van der Waals surface area contributed by atoms with Crippen molar-refractivity contribution in [1.29, 1.82) is 0 Å². The van der Waals surface area contributed by atoms with E-state index >= 15 is 0 Å². The summed E-state index contributed by atoms with van der Waals surface area (Å²) in [6.45, 7) is 0.559. The average molecular weight is 455 g/mol. The molecule has 0 aromatic carbocycles. The van der Waals surface area contributed by atoms with E-state index in [-0.39, 0.29) is 25.8 Å². The molecule has 2 rings (SSSR count). The predicted octanol–water partition coefficient (Wildman–Crippen LogP) is -2.39. The van der Waals surface area contributed by atoms with E-state index in [0.717, 1.165) is 0 Å². The van der Waals surface area contributed by atoms with Crippen molar-refractivity contribution in [2.45, 2.75) is 69.1 Å². The third kappa shape index (κ3) is 6.15. The fourth-order valence-corrected chi connectivity index (χ4v) is 4.06. The average Bonchev–Trinajstić information content (AvgIpc) is 3.39. The number of carbonyl (C=O) groups is 6. The van der Waals surface area contributed by atoms with Gasteiger partial charge in [-0.15, -0.1) is 0 Å². The van der Waals surface area contributed by atoms with Crippen molar-refractivity contribution in [3.63, 3.8) is 0 Å². The predicted molar refractivity (Wildman–Crippen MR) is 108 cm³/mol. The lowest BCUT2D eigenvalue weighted by molar-refractivity contribution is -0.149. The van der Waals surface area contributed by atoms with Crippen molar-refractivity contribution in [3.05, 3.63) is 0 Å². The number of hydrogen-bond acceptors (Lipinski definition) is 7. The summed E-state index contributed by atoms with van der Waals surface area (Å²) in [5.74, 6) is -5.14. The second kappa shape index (κ2) is 10.9. The molecular weight excluding hydrogens is 426 g/mol. The minimum absolute atomic E-state index is 0.0560. The third-order valence-electron chi connectivity index (χ3n) is 5.67. The van der Waals surface area contributed by atoms with Crippen molar-refractivity contribution in [2.24, 2.45) is 11.5 Å². The van der Waals surface area contributed by atoms with Crippen LogP contribution in [0, 0.1) is 0 Å². The number of amides is 4. The monoisotopic (exact) mass is 455 g/mol. The van der Waals surface area contributed by atoms with Gasteiger partial charge in [0.2, 0.25) is 23.6 Å². The van der Waals surface area contributed by atoms with Gasteiger partial charge in [-0.3, -0.25) is 24.0 Å². The Balaban J connectivity index is 2.07. The van der Waals surface area contributed by atoms with Gasteiger partial charge in [-0.05, 0) is 32.1 Å². The third-order valence-corrected chi connectivity index (χ3v) is 5.67. The topological polar surface area (TPSA) is 213 Å². The van der Waals surface area contributed by atoms with Crippen molar-refractivity contribution < 1.29 is 39.0 Å². The van der Waals surface area contributed by atoms with Crippen molar-refractivity contribution in [2.75, 3.05) is 13.1 Å². The normalized spacial score (nSPS) is 22.3. The second-order valence-corrected chi connectivity index (χ2v) is 7.99. The molecule has 2 heterocycles. The summed E-state index contributed by atoms with van der Waals surface area (Å²) in [7, 11) is 0. The highest BCUT2D eigenvalue weighted by Crippen LogP contribution is 2.26. The standard InChI is InChI=1S/C19H29N5O8/c20-10(5-6-14(21)25)17(29)24-8-2-4-13(24)18(30)23-7-1-3-12(23)16(28)22-11(19(31)32)9-15(26)27/h10-13H,1-9,20H2,(H2,21,25)(H,22,28)(H,26,27)(H,31,32). The quantitative estimate of drug-likeness (QED) is 0.237. The highest BCUT2D eigenvalue weighted by atomic mass is 16.4. The Morgan fingerprint density at radius 1 is 0.969 bits per heavy atom. The molecule has 0 radical (unpaired) electrons. The summed E-state index contributed by atoms with van der Waals surface area (Å²) in [5, 5.41) is 20.2. The lowest BCUT2D eigenvalue weighted by Gasteiger charge is -2.32.